The van der Waals surface area contributed by atoms with Crippen LogP contribution in [0.15, 0.2) is 18.2 Å². The average molecular weight is 304 g/mol. The fourth-order valence-corrected chi connectivity index (χ4v) is 1.94. The number of nitrogens with zero attached hydrogens (tertiary/aromatic N) is 1. The molecular formula is C13H15F3N2O3. The van der Waals surface area contributed by atoms with Crippen LogP contribution in [0, 0.1) is 10.1 Å². The summed E-state index contributed by atoms with van der Waals surface area (Å²) >= 11 is 0. The molecule has 21 heavy (non-hydrogen) atoms. The molecule has 0 unspecified atom stereocenters. The van der Waals surface area contributed by atoms with Gasteiger partial charge >= 0.3 is 6.18 Å². The Bertz CT molecular complexity index is 542. The summed E-state index contributed by atoms with van der Waals surface area (Å²) in [5.74, 6) is 0.187. The van der Waals surface area contributed by atoms with Crippen LogP contribution in [0.1, 0.15) is 26.2 Å². The highest BCUT2D eigenvalue weighted by atomic mass is 19.4. The molecule has 1 N–H and O–H groups in total. The molecule has 8 heteroatoms. The van der Waals surface area contributed by atoms with Crippen molar-refractivity contribution in [2.45, 2.75) is 37.9 Å². The molecule has 0 amide bonds. The molecule has 0 aromatic heterocycles. The Hall–Kier alpha value is -1.99. The first-order valence-corrected chi connectivity index (χ1v) is 6.54. The largest absolute Gasteiger partial charge is 0.493 e. The smallest absolute Gasteiger partial charge is 0.411 e. The Morgan fingerprint density at radius 3 is 2.52 bits per heavy atom. The minimum Gasteiger partial charge on any atom is -0.493 e. The van der Waals surface area contributed by atoms with Crippen molar-refractivity contribution in [1.29, 1.82) is 0 Å². The van der Waals surface area contributed by atoms with Gasteiger partial charge in [-0.2, -0.15) is 13.2 Å². The molecule has 0 saturated heterocycles. The van der Waals surface area contributed by atoms with Crippen molar-refractivity contribution in [2.24, 2.45) is 0 Å². The number of benzene rings is 1. The van der Waals surface area contributed by atoms with E-state index in [2.05, 4.69) is 5.32 Å². The van der Waals surface area contributed by atoms with Gasteiger partial charge in [-0.15, -0.1) is 0 Å². The van der Waals surface area contributed by atoms with Gasteiger partial charge in [0.15, 0.2) is 0 Å². The predicted molar refractivity (Wildman–Crippen MR) is 70.5 cm³/mol. The monoisotopic (exact) mass is 304 g/mol. The molecular weight excluding hydrogens is 289 g/mol. The molecule has 1 aromatic rings. The normalized spacial score (nSPS) is 16.4. The van der Waals surface area contributed by atoms with Gasteiger partial charge in [-0.05, 0) is 19.3 Å². The lowest BCUT2D eigenvalue weighted by Crippen LogP contribution is -2.38. The number of alkyl halides is 3. The van der Waals surface area contributed by atoms with Crippen molar-refractivity contribution in [2.75, 3.05) is 11.9 Å². The highest BCUT2D eigenvalue weighted by Gasteiger charge is 2.63. The SMILES string of the molecule is CCCOc1cc(NC2(C(F)(F)F)CC2)cc([N+](=O)[O-])c1. The van der Waals surface area contributed by atoms with E-state index in [1.165, 1.54) is 12.1 Å². The molecule has 1 aliphatic carbocycles. The second-order valence-corrected chi connectivity index (χ2v) is 5.03. The maximum Gasteiger partial charge on any atom is 0.411 e. The van der Waals surface area contributed by atoms with E-state index in [0.29, 0.717) is 13.0 Å². The van der Waals surface area contributed by atoms with Gasteiger partial charge < -0.3 is 10.1 Å². The quantitative estimate of drug-likeness (QED) is 0.639. The Balaban J connectivity index is 2.26. The van der Waals surface area contributed by atoms with Crippen molar-refractivity contribution in [3.63, 3.8) is 0 Å². The van der Waals surface area contributed by atoms with E-state index in [4.69, 9.17) is 4.74 Å². The lowest BCUT2D eigenvalue weighted by molar-refractivity contribution is -0.384. The van der Waals surface area contributed by atoms with Gasteiger partial charge in [-0.1, -0.05) is 6.92 Å². The molecule has 0 bridgehead atoms. The highest BCUT2D eigenvalue weighted by molar-refractivity contribution is 5.58. The number of hydrogen-bond acceptors (Lipinski definition) is 4. The summed E-state index contributed by atoms with van der Waals surface area (Å²) < 4.78 is 44.0. The summed E-state index contributed by atoms with van der Waals surface area (Å²) in [5, 5.41) is 13.2. The van der Waals surface area contributed by atoms with Gasteiger partial charge in [-0.3, -0.25) is 10.1 Å². The topological polar surface area (TPSA) is 64.4 Å². The third kappa shape index (κ3) is 3.37. The number of non-ortho nitro benzene ring substituents is 1. The van der Waals surface area contributed by atoms with Crippen LogP contribution >= 0.6 is 0 Å². The maximum absolute atomic E-state index is 12.9. The van der Waals surface area contributed by atoms with E-state index in [0.717, 1.165) is 6.07 Å². The number of nitro benzene ring substituents is 1. The fourth-order valence-electron chi connectivity index (χ4n) is 1.94. The van der Waals surface area contributed by atoms with E-state index in [1.54, 1.807) is 0 Å². The van der Waals surface area contributed by atoms with Crippen molar-refractivity contribution in [1.82, 2.24) is 0 Å². The third-order valence-electron chi connectivity index (χ3n) is 3.25. The predicted octanol–water partition coefficient (Wildman–Crippen LogP) is 3.89. The Morgan fingerprint density at radius 2 is 2.05 bits per heavy atom. The maximum atomic E-state index is 12.9. The molecule has 0 heterocycles. The van der Waals surface area contributed by atoms with Crippen LogP contribution < -0.4 is 10.1 Å². The number of nitrogens with one attached hydrogen (secondary N) is 1. The zero-order valence-electron chi connectivity index (χ0n) is 11.4. The van der Waals surface area contributed by atoms with Gasteiger partial charge in [0.25, 0.3) is 5.69 Å². The summed E-state index contributed by atoms with van der Waals surface area (Å²) in [6.45, 7) is 2.20. The first-order chi connectivity index (χ1) is 9.77. The summed E-state index contributed by atoms with van der Waals surface area (Å²) in [6, 6.07) is 3.65. The summed E-state index contributed by atoms with van der Waals surface area (Å²) in [4.78, 5) is 10.2. The highest BCUT2D eigenvalue weighted by Crippen LogP contribution is 2.51. The van der Waals surface area contributed by atoms with Crippen molar-refractivity contribution >= 4 is 11.4 Å². The molecule has 116 valence electrons. The fraction of sp³-hybridized carbons (Fsp3) is 0.538. The number of ether oxygens (including phenoxy) is 1. The molecule has 1 aliphatic rings. The molecule has 1 fully saturated rings. The van der Waals surface area contributed by atoms with Crippen LogP contribution in [0.3, 0.4) is 0 Å². The molecule has 0 atom stereocenters. The molecule has 2 rings (SSSR count). The number of nitro groups is 1. The Kier molecular flexibility index (Phi) is 3.97. The summed E-state index contributed by atoms with van der Waals surface area (Å²) in [7, 11) is 0. The number of rotatable bonds is 6. The van der Waals surface area contributed by atoms with E-state index in [9.17, 15) is 23.3 Å². The number of hydrogen-bond donors (Lipinski definition) is 1. The summed E-state index contributed by atoms with van der Waals surface area (Å²) in [5.41, 5.74) is -2.22. The van der Waals surface area contributed by atoms with Crippen LogP contribution in [0.2, 0.25) is 0 Å². The van der Waals surface area contributed by atoms with Crippen LogP contribution in [-0.2, 0) is 0 Å². The second kappa shape index (κ2) is 5.42. The first kappa shape index (κ1) is 15.4. The number of halogens is 3. The standard InChI is InChI=1S/C13H15F3N2O3/c1-2-5-21-11-7-9(6-10(8-11)18(19)20)17-12(3-4-12)13(14,15)16/h6-8,17H,2-5H2,1H3. The van der Waals surface area contributed by atoms with Crippen LogP contribution in [0.25, 0.3) is 0 Å². The van der Waals surface area contributed by atoms with Crippen molar-refractivity contribution in [3.05, 3.63) is 28.3 Å². The summed E-state index contributed by atoms with van der Waals surface area (Å²) in [6.07, 6.45) is -3.77. The molecule has 0 radical (unpaired) electrons. The first-order valence-electron chi connectivity index (χ1n) is 6.54. The minimum absolute atomic E-state index is 0.0374. The van der Waals surface area contributed by atoms with Gasteiger partial charge in [0.2, 0.25) is 0 Å². The zero-order valence-corrected chi connectivity index (χ0v) is 11.4. The van der Waals surface area contributed by atoms with E-state index < -0.39 is 16.6 Å². The zero-order chi connectivity index (χ0) is 15.7. The Morgan fingerprint density at radius 1 is 1.38 bits per heavy atom. The number of anilines is 1. The minimum atomic E-state index is -4.39. The Labute approximate surface area is 119 Å². The average Bonchev–Trinajstić information content (AvgIpc) is 3.16. The molecule has 0 aliphatic heterocycles. The van der Waals surface area contributed by atoms with Gasteiger partial charge in [0.05, 0.1) is 17.6 Å². The van der Waals surface area contributed by atoms with Gasteiger partial charge in [0, 0.05) is 17.8 Å². The third-order valence-corrected chi connectivity index (χ3v) is 3.25. The van der Waals surface area contributed by atoms with Crippen molar-refractivity contribution < 1.29 is 22.8 Å². The van der Waals surface area contributed by atoms with Crippen molar-refractivity contribution in [3.8, 4) is 5.75 Å². The second-order valence-electron chi connectivity index (χ2n) is 5.03. The molecule has 0 spiro atoms. The molecule has 1 saturated carbocycles. The van der Waals surface area contributed by atoms with E-state index in [-0.39, 0.29) is 30.0 Å². The van der Waals surface area contributed by atoms with E-state index in [1.807, 2.05) is 6.92 Å². The lowest BCUT2D eigenvalue weighted by atomic mass is 10.2. The van der Waals surface area contributed by atoms with Gasteiger partial charge in [-0.25, -0.2) is 0 Å². The molecule has 1 aromatic carbocycles. The van der Waals surface area contributed by atoms with Crippen LogP contribution in [0.4, 0.5) is 24.5 Å². The van der Waals surface area contributed by atoms with Crippen LogP contribution in [0.5, 0.6) is 5.75 Å². The van der Waals surface area contributed by atoms with E-state index >= 15 is 0 Å². The van der Waals surface area contributed by atoms with Gasteiger partial charge in [0.1, 0.15) is 11.3 Å². The lowest BCUT2D eigenvalue weighted by Gasteiger charge is -2.22. The molecule has 5 nitrogen and oxygen atoms in total. The van der Waals surface area contributed by atoms with Crippen LogP contribution in [-0.4, -0.2) is 23.2 Å².